The summed E-state index contributed by atoms with van der Waals surface area (Å²) in [6, 6.07) is 3.39. The highest BCUT2D eigenvalue weighted by Gasteiger charge is 2.22. The van der Waals surface area contributed by atoms with Crippen molar-refractivity contribution in [3.05, 3.63) is 45.9 Å². The van der Waals surface area contributed by atoms with Gasteiger partial charge in [0.2, 0.25) is 0 Å². The van der Waals surface area contributed by atoms with Crippen LogP contribution in [0.3, 0.4) is 0 Å². The van der Waals surface area contributed by atoms with E-state index < -0.39 is 0 Å². The molecule has 0 aromatic carbocycles. The fraction of sp³-hybridized carbons (Fsp3) is 0.611. The van der Waals surface area contributed by atoms with E-state index in [1.54, 1.807) is 16.8 Å². The van der Waals surface area contributed by atoms with E-state index in [9.17, 15) is 4.79 Å². The zero-order chi connectivity index (χ0) is 17.2. The van der Waals surface area contributed by atoms with Gasteiger partial charge in [-0.3, -0.25) is 9.69 Å². The summed E-state index contributed by atoms with van der Waals surface area (Å²) in [4.78, 5) is 18.9. The lowest BCUT2D eigenvalue weighted by Gasteiger charge is -2.32. The molecule has 2 aromatic rings. The Morgan fingerprint density at radius 1 is 1.24 bits per heavy atom. The number of piperidine rings is 1. The van der Waals surface area contributed by atoms with E-state index in [1.807, 2.05) is 13.1 Å². The third-order valence-electron chi connectivity index (χ3n) is 5.24. The molecule has 0 spiro atoms. The van der Waals surface area contributed by atoms with E-state index in [0.29, 0.717) is 12.5 Å². The number of hydrogen-bond donors (Lipinski definition) is 0. The molecule has 4 heterocycles. The van der Waals surface area contributed by atoms with Gasteiger partial charge in [-0.1, -0.05) is 0 Å². The van der Waals surface area contributed by atoms with Crippen LogP contribution in [0.4, 0.5) is 0 Å². The molecule has 0 N–H and O–H groups in total. The zero-order valence-corrected chi connectivity index (χ0v) is 14.7. The third-order valence-corrected chi connectivity index (χ3v) is 5.24. The van der Waals surface area contributed by atoms with Crippen LogP contribution >= 0.6 is 0 Å². The summed E-state index contributed by atoms with van der Waals surface area (Å²) >= 11 is 0. The molecule has 1 fully saturated rings. The van der Waals surface area contributed by atoms with Crippen molar-refractivity contribution in [2.24, 2.45) is 5.92 Å². The van der Waals surface area contributed by atoms with Gasteiger partial charge < -0.3 is 9.30 Å². The summed E-state index contributed by atoms with van der Waals surface area (Å²) in [5.74, 6) is 1.57. The average Bonchev–Trinajstić information content (AvgIpc) is 3.03. The number of imidazole rings is 1. The molecule has 134 valence electrons. The lowest BCUT2D eigenvalue weighted by atomic mass is 9.96. The molecule has 2 aliphatic rings. The van der Waals surface area contributed by atoms with Crippen molar-refractivity contribution in [1.82, 2.24) is 24.2 Å². The predicted molar refractivity (Wildman–Crippen MR) is 93.1 cm³/mol. The standard InChI is InChI=1S/C18H25N5O2/c1-14-2-3-18(24)23(20-14)11-15-4-6-21(7-5-15)12-16-10-19-17-13-25-9-8-22(16)17/h2-3,10,15H,4-9,11-13H2,1H3. The maximum atomic E-state index is 11.9. The smallest absolute Gasteiger partial charge is 0.266 e. The van der Waals surface area contributed by atoms with Crippen LogP contribution in [0.25, 0.3) is 0 Å². The van der Waals surface area contributed by atoms with Crippen LogP contribution in [0.1, 0.15) is 30.1 Å². The average molecular weight is 343 g/mol. The summed E-state index contributed by atoms with van der Waals surface area (Å²) in [6.45, 7) is 8.02. The number of fused-ring (bicyclic) bond motifs is 1. The second-order valence-electron chi connectivity index (χ2n) is 7.08. The predicted octanol–water partition coefficient (Wildman–Crippen LogP) is 1.19. The molecule has 0 unspecified atom stereocenters. The van der Waals surface area contributed by atoms with Crippen LogP contribution in [0.2, 0.25) is 0 Å². The maximum Gasteiger partial charge on any atom is 0.266 e. The zero-order valence-electron chi connectivity index (χ0n) is 14.7. The van der Waals surface area contributed by atoms with Gasteiger partial charge in [0.05, 0.1) is 18.0 Å². The van der Waals surface area contributed by atoms with Gasteiger partial charge >= 0.3 is 0 Å². The first-order chi connectivity index (χ1) is 12.2. The highest BCUT2D eigenvalue weighted by atomic mass is 16.5. The molecule has 25 heavy (non-hydrogen) atoms. The molecule has 4 rings (SSSR count). The van der Waals surface area contributed by atoms with Crippen molar-refractivity contribution >= 4 is 0 Å². The molecule has 0 radical (unpaired) electrons. The number of hydrogen-bond acceptors (Lipinski definition) is 5. The number of ether oxygens (including phenoxy) is 1. The number of aryl methyl sites for hydroxylation is 1. The van der Waals surface area contributed by atoms with E-state index in [2.05, 4.69) is 19.5 Å². The molecule has 0 amide bonds. The van der Waals surface area contributed by atoms with Crippen molar-refractivity contribution in [3.63, 3.8) is 0 Å². The van der Waals surface area contributed by atoms with Gasteiger partial charge in [0.15, 0.2) is 0 Å². The van der Waals surface area contributed by atoms with Crippen LogP contribution in [-0.4, -0.2) is 43.9 Å². The summed E-state index contributed by atoms with van der Waals surface area (Å²) in [7, 11) is 0. The largest absolute Gasteiger partial charge is 0.372 e. The molecule has 7 nitrogen and oxygen atoms in total. The number of likely N-dealkylation sites (tertiary alicyclic amines) is 1. The van der Waals surface area contributed by atoms with E-state index in [0.717, 1.165) is 63.7 Å². The van der Waals surface area contributed by atoms with E-state index >= 15 is 0 Å². The number of rotatable bonds is 4. The van der Waals surface area contributed by atoms with Crippen LogP contribution in [0.5, 0.6) is 0 Å². The summed E-state index contributed by atoms with van der Waals surface area (Å²) < 4.78 is 9.38. The SMILES string of the molecule is Cc1ccc(=O)n(CC2CCN(Cc3cnc4n3CCOC4)CC2)n1. The molecule has 2 aliphatic heterocycles. The number of aromatic nitrogens is 4. The van der Waals surface area contributed by atoms with Crippen molar-refractivity contribution in [2.45, 2.75) is 46.0 Å². The topological polar surface area (TPSA) is 65.2 Å². The molecule has 1 saturated heterocycles. The lowest BCUT2D eigenvalue weighted by molar-refractivity contribution is 0.0788. The Hall–Kier alpha value is -1.99. The molecular weight excluding hydrogens is 318 g/mol. The molecule has 2 aromatic heterocycles. The molecule has 0 atom stereocenters. The van der Waals surface area contributed by atoms with Gasteiger partial charge in [0, 0.05) is 31.9 Å². The first kappa shape index (κ1) is 16.5. The van der Waals surface area contributed by atoms with Gasteiger partial charge in [-0.15, -0.1) is 0 Å². The Bertz CT molecular complexity index is 789. The van der Waals surface area contributed by atoms with Gasteiger partial charge in [-0.25, -0.2) is 9.67 Å². The van der Waals surface area contributed by atoms with Crippen molar-refractivity contribution in [2.75, 3.05) is 19.7 Å². The fourth-order valence-electron chi connectivity index (χ4n) is 3.77. The second-order valence-corrected chi connectivity index (χ2v) is 7.08. The second kappa shape index (κ2) is 7.09. The van der Waals surface area contributed by atoms with E-state index in [-0.39, 0.29) is 5.56 Å². The van der Waals surface area contributed by atoms with Crippen molar-refractivity contribution in [1.29, 1.82) is 0 Å². The van der Waals surface area contributed by atoms with Crippen LogP contribution in [-0.2, 0) is 31.0 Å². The Labute approximate surface area is 147 Å². The number of nitrogens with zero attached hydrogens (tertiary/aromatic N) is 5. The Morgan fingerprint density at radius 2 is 2.08 bits per heavy atom. The Balaban J connectivity index is 1.33. The minimum Gasteiger partial charge on any atom is -0.372 e. The first-order valence-corrected chi connectivity index (χ1v) is 9.07. The van der Waals surface area contributed by atoms with E-state index in [4.69, 9.17) is 4.74 Å². The lowest BCUT2D eigenvalue weighted by Crippen LogP contribution is -2.37. The van der Waals surface area contributed by atoms with Gasteiger partial charge in [0.25, 0.3) is 5.56 Å². The minimum atomic E-state index is 0.00105. The van der Waals surface area contributed by atoms with Crippen molar-refractivity contribution in [3.8, 4) is 0 Å². The van der Waals surface area contributed by atoms with Crippen LogP contribution in [0, 0.1) is 12.8 Å². The minimum absolute atomic E-state index is 0.00105. The molecule has 0 aliphatic carbocycles. The molecule has 0 saturated carbocycles. The van der Waals surface area contributed by atoms with Crippen LogP contribution in [0.15, 0.2) is 23.1 Å². The first-order valence-electron chi connectivity index (χ1n) is 9.07. The Morgan fingerprint density at radius 3 is 2.92 bits per heavy atom. The fourth-order valence-corrected chi connectivity index (χ4v) is 3.77. The van der Waals surface area contributed by atoms with Crippen molar-refractivity contribution < 1.29 is 4.74 Å². The molecule has 0 bridgehead atoms. The normalized spacial score (nSPS) is 19.1. The molecule has 7 heteroatoms. The maximum absolute atomic E-state index is 11.9. The van der Waals surface area contributed by atoms with Gasteiger partial charge in [-0.2, -0.15) is 5.10 Å². The summed E-state index contributed by atoms with van der Waals surface area (Å²) in [6.07, 6.45) is 4.20. The highest BCUT2D eigenvalue weighted by Crippen LogP contribution is 2.21. The molecular formula is C18H25N5O2. The summed E-state index contributed by atoms with van der Waals surface area (Å²) in [5.41, 5.74) is 2.18. The highest BCUT2D eigenvalue weighted by molar-refractivity contribution is 5.06. The quantitative estimate of drug-likeness (QED) is 0.834. The van der Waals surface area contributed by atoms with Gasteiger partial charge in [0.1, 0.15) is 12.4 Å². The third kappa shape index (κ3) is 3.67. The summed E-state index contributed by atoms with van der Waals surface area (Å²) in [5, 5.41) is 4.36. The van der Waals surface area contributed by atoms with Crippen LogP contribution < -0.4 is 5.56 Å². The Kier molecular flexibility index (Phi) is 4.67. The van der Waals surface area contributed by atoms with E-state index in [1.165, 1.54) is 5.69 Å². The monoisotopic (exact) mass is 343 g/mol. The van der Waals surface area contributed by atoms with Gasteiger partial charge in [-0.05, 0) is 44.8 Å².